The van der Waals surface area contributed by atoms with Crippen LogP contribution in [0.3, 0.4) is 0 Å². The number of ether oxygens (including phenoxy) is 1. The molecule has 1 aromatic carbocycles. The van der Waals surface area contributed by atoms with E-state index in [9.17, 15) is 9.59 Å². The van der Waals surface area contributed by atoms with Gasteiger partial charge in [-0.25, -0.2) is 4.79 Å². The number of carbonyl (C=O) groups excluding carboxylic acids is 2. The molecule has 2 N–H and O–H groups in total. The Morgan fingerprint density at radius 2 is 2.26 bits per heavy atom. The highest BCUT2D eigenvalue weighted by atomic mass is 79.9. The molecule has 1 unspecified atom stereocenters. The van der Waals surface area contributed by atoms with E-state index in [4.69, 9.17) is 4.74 Å². The Morgan fingerprint density at radius 1 is 1.43 bits per heavy atom. The number of hydrogen-bond acceptors (Lipinski definition) is 4. The summed E-state index contributed by atoms with van der Waals surface area (Å²) in [4.78, 5) is 25.7. The van der Waals surface area contributed by atoms with Crippen LogP contribution in [0.5, 0.6) is 0 Å². The van der Waals surface area contributed by atoms with Crippen LogP contribution in [0.1, 0.15) is 24.4 Å². The van der Waals surface area contributed by atoms with Crippen molar-refractivity contribution >= 4 is 27.9 Å². The fourth-order valence-electron chi connectivity index (χ4n) is 2.77. The van der Waals surface area contributed by atoms with E-state index in [1.807, 2.05) is 12.1 Å². The molecular formula is C16H22BrN3O3. The average Bonchev–Trinajstić information content (AvgIpc) is 2.95. The van der Waals surface area contributed by atoms with E-state index in [1.54, 1.807) is 7.11 Å². The average molecular weight is 384 g/mol. The predicted molar refractivity (Wildman–Crippen MR) is 91.1 cm³/mol. The maximum atomic E-state index is 12.0. The van der Waals surface area contributed by atoms with Gasteiger partial charge in [-0.3, -0.25) is 15.0 Å². The Labute approximate surface area is 144 Å². The van der Waals surface area contributed by atoms with Gasteiger partial charge in [-0.1, -0.05) is 28.1 Å². The van der Waals surface area contributed by atoms with Crippen molar-refractivity contribution < 1.29 is 14.3 Å². The van der Waals surface area contributed by atoms with Crippen molar-refractivity contribution in [3.05, 3.63) is 34.3 Å². The lowest BCUT2D eigenvalue weighted by atomic mass is 10.0. The molecule has 1 aliphatic heterocycles. The zero-order valence-corrected chi connectivity index (χ0v) is 14.8. The molecule has 3 amide bonds. The molecule has 1 saturated heterocycles. The maximum Gasteiger partial charge on any atom is 0.321 e. The molecule has 23 heavy (non-hydrogen) atoms. The molecule has 2 rings (SSSR count). The SMILES string of the molecule is COCCNC(=O)NC(=O)CN1CCCC1c1cccc(Br)c1. The molecule has 0 saturated carbocycles. The lowest BCUT2D eigenvalue weighted by molar-refractivity contribution is -0.121. The fraction of sp³-hybridized carbons (Fsp3) is 0.500. The zero-order chi connectivity index (χ0) is 16.7. The highest BCUT2D eigenvalue weighted by Crippen LogP contribution is 2.32. The van der Waals surface area contributed by atoms with Crippen molar-refractivity contribution in [3.63, 3.8) is 0 Å². The first-order valence-electron chi connectivity index (χ1n) is 7.66. The third-order valence-electron chi connectivity index (χ3n) is 3.79. The summed E-state index contributed by atoms with van der Waals surface area (Å²) in [5.74, 6) is -0.290. The molecule has 6 nitrogen and oxygen atoms in total. The van der Waals surface area contributed by atoms with Crippen molar-refractivity contribution in [2.75, 3.05) is 33.4 Å². The van der Waals surface area contributed by atoms with E-state index in [1.165, 1.54) is 5.56 Å². The molecule has 1 atom stereocenters. The van der Waals surface area contributed by atoms with Crippen LogP contribution in [-0.4, -0.2) is 50.2 Å². The number of imide groups is 1. The van der Waals surface area contributed by atoms with Crippen LogP contribution in [0.25, 0.3) is 0 Å². The summed E-state index contributed by atoms with van der Waals surface area (Å²) in [6.45, 7) is 1.86. The molecule has 0 radical (unpaired) electrons. The number of nitrogens with one attached hydrogen (secondary N) is 2. The Kier molecular flexibility index (Phi) is 7.01. The number of nitrogens with zero attached hydrogens (tertiary/aromatic N) is 1. The minimum Gasteiger partial charge on any atom is -0.383 e. The van der Waals surface area contributed by atoms with Gasteiger partial charge in [-0.2, -0.15) is 0 Å². The van der Waals surface area contributed by atoms with Crippen LogP contribution in [0.4, 0.5) is 4.79 Å². The van der Waals surface area contributed by atoms with Gasteiger partial charge in [-0.15, -0.1) is 0 Å². The lowest BCUT2D eigenvalue weighted by Gasteiger charge is -2.24. The van der Waals surface area contributed by atoms with Crippen LogP contribution in [0, 0.1) is 0 Å². The number of hydrogen-bond donors (Lipinski definition) is 2. The number of benzene rings is 1. The number of rotatable bonds is 6. The van der Waals surface area contributed by atoms with Crippen molar-refractivity contribution in [3.8, 4) is 0 Å². The van der Waals surface area contributed by atoms with Gasteiger partial charge in [0.15, 0.2) is 0 Å². The van der Waals surface area contributed by atoms with Gasteiger partial charge in [-0.05, 0) is 37.1 Å². The topological polar surface area (TPSA) is 70.7 Å². The first-order valence-corrected chi connectivity index (χ1v) is 8.45. The van der Waals surface area contributed by atoms with E-state index in [0.717, 1.165) is 23.9 Å². The summed E-state index contributed by atoms with van der Waals surface area (Å²) in [5.41, 5.74) is 1.19. The quantitative estimate of drug-likeness (QED) is 0.737. The number of carbonyl (C=O) groups is 2. The number of likely N-dealkylation sites (tertiary alicyclic amines) is 1. The first kappa shape index (κ1) is 17.9. The largest absolute Gasteiger partial charge is 0.383 e. The number of methoxy groups -OCH3 is 1. The van der Waals surface area contributed by atoms with Gasteiger partial charge in [0, 0.05) is 24.2 Å². The summed E-state index contributed by atoms with van der Waals surface area (Å²) in [6, 6.07) is 7.88. The normalized spacial score (nSPS) is 17.9. The molecule has 1 aliphatic rings. The summed E-state index contributed by atoms with van der Waals surface area (Å²) in [7, 11) is 1.56. The lowest BCUT2D eigenvalue weighted by Crippen LogP contribution is -2.45. The number of amides is 3. The molecule has 1 heterocycles. The molecule has 0 aromatic heterocycles. The van der Waals surface area contributed by atoms with Crippen molar-refractivity contribution in [2.24, 2.45) is 0 Å². The van der Waals surface area contributed by atoms with Crippen LogP contribution < -0.4 is 10.6 Å². The summed E-state index contributed by atoms with van der Waals surface area (Å²) in [5, 5.41) is 4.92. The minimum atomic E-state index is -0.481. The first-order chi connectivity index (χ1) is 11.1. The smallest absolute Gasteiger partial charge is 0.321 e. The zero-order valence-electron chi connectivity index (χ0n) is 13.2. The van der Waals surface area contributed by atoms with E-state index in [0.29, 0.717) is 13.2 Å². The van der Waals surface area contributed by atoms with E-state index >= 15 is 0 Å². The van der Waals surface area contributed by atoms with Gasteiger partial charge in [0.1, 0.15) is 0 Å². The molecule has 0 spiro atoms. The molecule has 126 valence electrons. The Balaban J connectivity index is 1.86. The maximum absolute atomic E-state index is 12.0. The van der Waals surface area contributed by atoms with Gasteiger partial charge >= 0.3 is 6.03 Å². The Morgan fingerprint density at radius 3 is 3.00 bits per heavy atom. The molecule has 7 heteroatoms. The molecular weight excluding hydrogens is 362 g/mol. The van der Waals surface area contributed by atoms with Gasteiger partial charge < -0.3 is 10.1 Å². The summed E-state index contributed by atoms with van der Waals surface area (Å²) < 4.78 is 5.87. The summed E-state index contributed by atoms with van der Waals surface area (Å²) in [6.07, 6.45) is 2.06. The predicted octanol–water partition coefficient (Wildman–Crippen LogP) is 2.06. The van der Waals surface area contributed by atoms with Crippen molar-refractivity contribution in [1.29, 1.82) is 0 Å². The van der Waals surface area contributed by atoms with E-state index in [-0.39, 0.29) is 18.5 Å². The van der Waals surface area contributed by atoms with Gasteiger partial charge in [0.05, 0.1) is 13.2 Å². The highest BCUT2D eigenvalue weighted by Gasteiger charge is 2.27. The summed E-state index contributed by atoms with van der Waals surface area (Å²) >= 11 is 3.48. The highest BCUT2D eigenvalue weighted by molar-refractivity contribution is 9.10. The fourth-order valence-corrected chi connectivity index (χ4v) is 3.19. The molecule has 1 fully saturated rings. The van der Waals surface area contributed by atoms with Crippen LogP contribution in [0.15, 0.2) is 28.7 Å². The Bertz CT molecular complexity index is 553. The number of urea groups is 1. The van der Waals surface area contributed by atoms with E-state index in [2.05, 4.69) is 43.6 Å². The Hall–Kier alpha value is -1.44. The molecule has 0 aliphatic carbocycles. The second-order valence-corrected chi connectivity index (χ2v) is 6.40. The van der Waals surface area contributed by atoms with Crippen LogP contribution in [-0.2, 0) is 9.53 Å². The minimum absolute atomic E-state index is 0.217. The van der Waals surface area contributed by atoms with E-state index < -0.39 is 6.03 Å². The van der Waals surface area contributed by atoms with Gasteiger partial charge in [0.25, 0.3) is 0 Å². The molecule has 0 bridgehead atoms. The van der Waals surface area contributed by atoms with Gasteiger partial charge in [0.2, 0.25) is 5.91 Å². The molecule has 1 aromatic rings. The van der Waals surface area contributed by atoms with Crippen molar-refractivity contribution in [1.82, 2.24) is 15.5 Å². The number of halogens is 1. The monoisotopic (exact) mass is 383 g/mol. The van der Waals surface area contributed by atoms with Crippen LogP contribution in [0.2, 0.25) is 0 Å². The third-order valence-corrected chi connectivity index (χ3v) is 4.28. The second-order valence-electron chi connectivity index (χ2n) is 5.48. The third kappa shape index (κ3) is 5.60. The second kappa shape index (κ2) is 9.00. The standard InChI is InChI=1S/C16H22BrN3O3/c1-23-9-7-18-16(22)19-15(21)11-20-8-3-6-14(20)12-4-2-5-13(17)10-12/h2,4-5,10,14H,3,6-9,11H2,1H3,(H2,18,19,21,22). The van der Waals surface area contributed by atoms with Crippen molar-refractivity contribution in [2.45, 2.75) is 18.9 Å². The van der Waals surface area contributed by atoms with Crippen LogP contribution >= 0.6 is 15.9 Å².